The molecule has 0 fully saturated rings. The molecule has 0 aromatic heterocycles. The fourth-order valence-electron chi connectivity index (χ4n) is 3.05. The van der Waals surface area contributed by atoms with E-state index >= 15 is 0 Å². The fraction of sp³-hybridized carbons (Fsp3) is 0.909. The van der Waals surface area contributed by atoms with E-state index < -0.39 is 0 Å². The van der Waals surface area contributed by atoms with Crippen molar-refractivity contribution in [2.45, 2.75) is 91.5 Å². The maximum absolute atomic E-state index is 6.33. The molecular weight excluding hydrogens is 324 g/mol. The maximum atomic E-state index is 6.33. The molecule has 0 aliphatic rings. The zero-order valence-electron chi connectivity index (χ0n) is 18.0. The molecule has 0 aromatic carbocycles. The lowest BCUT2D eigenvalue weighted by Gasteiger charge is -2.22. The second kappa shape index (κ2) is 17.8. The van der Waals surface area contributed by atoms with E-state index in [2.05, 4.69) is 27.7 Å². The molecule has 4 heteroatoms. The molecule has 2 unspecified atom stereocenters. The first kappa shape index (κ1) is 25.4. The van der Waals surface area contributed by atoms with Crippen LogP contribution < -0.4 is 11.5 Å². The van der Waals surface area contributed by atoms with Gasteiger partial charge in [-0.2, -0.15) is 0 Å². The Balaban J connectivity index is 4.22. The molecule has 0 radical (unpaired) electrons. The summed E-state index contributed by atoms with van der Waals surface area (Å²) in [5.74, 6) is 2.11. The lowest BCUT2D eigenvalue weighted by Crippen LogP contribution is -2.28. The van der Waals surface area contributed by atoms with Crippen LogP contribution in [-0.4, -0.2) is 32.4 Å². The summed E-state index contributed by atoms with van der Waals surface area (Å²) in [5.41, 5.74) is 12.0. The third kappa shape index (κ3) is 12.7. The summed E-state index contributed by atoms with van der Waals surface area (Å²) in [6.45, 7) is 11.7. The lowest BCUT2D eigenvalue weighted by molar-refractivity contribution is 0.0826. The van der Waals surface area contributed by atoms with E-state index in [0.717, 1.165) is 31.8 Å². The van der Waals surface area contributed by atoms with Crippen molar-refractivity contribution < 1.29 is 9.47 Å². The normalized spacial score (nSPS) is 15.7. The minimum Gasteiger partial charge on any atom is -0.496 e. The number of rotatable bonds is 18. The molecule has 0 rings (SSSR count). The first-order valence-corrected chi connectivity index (χ1v) is 11.0. The Morgan fingerprint density at radius 3 is 1.96 bits per heavy atom. The molecule has 0 saturated carbocycles. The SMILES string of the molecule is CCCCC(CC)COCC[C@H](N)/C(=C\CN)OCC(CC)CCCC. The van der Waals surface area contributed by atoms with Gasteiger partial charge in [0.15, 0.2) is 0 Å². The van der Waals surface area contributed by atoms with Crippen molar-refractivity contribution in [3.8, 4) is 0 Å². The summed E-state index contributed by atoms with van der Waals surface area (Å²) in [4.78, 5) is 0. The number of unbranched alkanes of at least 4 members (excludes halogenated alkanes) is 2. The van der Waals surface area contributed by atoms with Crippen LogP contribution >= 0.6 is 0 Å². The molecule has 0 aliphatic heterocycles. The van der Waals surface area contributed by atoms with Gasteiger partial charge < -0.3 is 20.9 Å². The van der Waals surface area contributed by atoms with Crippen molar-refractivity contribution in [3.63, 3.8) is 0 Å². The van der Waals surface area contributed by atoms with Crippen LogP contribution in [0.2, 0.25) is 0 Å². The van der Waals surface area contributed by atoms with E-state index in [9.17, 15) is 0 Å². The van der Waals surface area contributed by atoms with Gasteiger partial charge in [-0.05, 0) is 37.2 Å². The van der Waals surface area contributed by atoms with E-state index in [1.807, 2.05) is 6.08 Å². The highest BCUT2D eigenvalue weighted by Gasteiger charge is 2.14. The highest BCUT2D eigenvalue weighted by atomic mass is 16.5. The van der Waals surface area contributed by atoms with Crippen molar-refractivity contribution in [1.29, 1.82) is 0 Å². The smallest absolute Gasteiger partial charge is 0.110 e. The predicted octanol–water partition coefficient (Wildman–Crippen LogP) is 5.01. The van der Waals surface area contributed by atoms with Crippen molar-refractivity contribution in [1.82, 2.24) is 0 Å². The molecule has 3 atom stereocenters. The molecule has 0 heterocycles. The molecule has 0 aliphatic carbocycles. The highest BCUT2D eigenvalue weighted by molar-refractivity contribution is 5.03. The van der Waals surface area contributed by atoms with Gasteiger partial charge in [-0.25, -0.2) is 0 Å². The number of hydrogen-bond donors (Lipinski definition) is 2. The van der Waals surface area contributed by atoms with Crippen molar-refractivity contribution >= 4 is 0 Å². The van der Waals surface area contributed by atoms with Crippen LogP contribution in [0.15, 0.2) is 11.8 Å². The second-order valence-electron chi connectivity index (χ2n) is 7.46. The molecular formula is C22H46N2O2. The van der Waals surface area contributed by atoms with Crippen LogP contribution in [0.25, 0.3) is 0 Å². The minimum atomic E-state index is -0.127. The summed E-state index contributed by atoms with van der Waals surface area (Å²) in [6, 6.07) is -0.127. The van der Waals surface area contributed by atoms with Crippen molar-refractivity contribution in [2.24, 2.45) is 23.3 Å². The van der Waals surface area contributed by atoms with E-state index in [1.165, 1.54) is 44.9 Å². The zero-order chi connectivity index (χ0) is 19.6. The Bertz CT molecular complexity index is 334. The second-order valence-corrected chi connectivity index (χ2v) is 7.46. The van der Waals surface area contributed by atoms with Gasteiger partial charge >= 0.3 is 0 Å². The van der Waals surface area contributed by atoms with E-state index in [1.54, 1.807) is 0 Å². The third-order valence-electron chi connectivity index (χ3n) is 5.18. The Morgan fingerprint density at radius 1 is 0.885 bits per heavy atom. The van der Waals surface area contributed by atoms with Crippen LogP contribution in [0.1, 0.15) is 85.5 Å². The molecule has 156 valence electrons. The largest absolute Gasteiger partial charge is 0.496 e. The van der Waals surface area contributed by atoms with Crippen molar-refractivity contribution in [2.75, 3.05) is 26.4 Å². The van der Waals surface area contributed by atoms with Gasteiger partial charge in [0.05, 0.1) is 12.6 Å². The fourth-order valence-corrected chi connectivity index (χ4v) is 3.05. The molecule has 0 aromatic rings. The molecule has 4 N–H and O–H groups in total. The average Bonchev–Trinajstić information content (AvgIpc) is 2.66. The molecule has 0 bridgehead atoms. The summed E-state index contributed by atoms with van der Waals surface area (Å²) >= 11 is 0. The highest BCUT2D eigenvalue weighted by Crippen LogP contribution is 2.17. The maximum Gasteiger partial charge on any atom is 0.110 e. The monoisotopic (exact) mass is 370 g/mol. The van der Waals surface area contributed by atoms with Gasteiger partial charge in [-0.15, -0.1) is 0 Å². The van der Waals surface area contributed by atoms with Crippen LogP contribution in [0, 0.1) is 11.8 Å². The van der Waals surface area contributed by atoms with Gasteiger partial charge in [0, 0.05) is 19.8 Å². The Morgan fingerprint density at radius 2 is 1.46 bits per heavy atom. The summed E-state index contributed by atoms with van der Waals surface area (Å²) < 4.78 is 11.9. The average molecular weight is 371 g/mol. The van der Waals surface area contributed by atoms with Gasteiger partial charge in [-0.1, -0.05) is 66.2 Å². The zero-order valence-corrected chi connectivity index (χ0v) is 18.0. The van der Waals surface area contributed by atoms with E-state index in [-0.39, 0.29) is 6.04 Å². The number of ether oxygens (including phenoxy) is 2. The topological polar surface area (TPSA) is 70.5 Å². The quantitative estimate of drug-likeness (QED) is 0.263. The van der Waals surface area contributed by atoms with Gasteiger partial charge in [0.1, 0.15) is 5.76 Å². The Kier molecular flexibility index (Phi) is 17.4. The molecule has 0 saturated heterocycles. The Labute approximate surface area is 163 Å². The van der Waals surface area contributed by atoms with Gasteiger partial charge in [-0.3, -0.25) is 0 Å². The van der Waals surface area contributed by atoms with E-state index in [4.69, 9.17) is 20.9 Å². The van der Waals surface area contributed by atoms with Crippen LogP contribution in [0.4, 0.5) is 0 Å². The Hall–Kier alpha value is -0.580. The first-order valence-electron chi connectivity index (χ1n) is 11.0. The van der Waals surface area contributed by atoms with Crippen LogP contribution in [0.3, 0.4) is 0 Å². The number of hydrogen-bond acceptors (Lipinski definition) is 4. The van der Waals surface area contributed by atoms with Gasteiger partial charge in [0.2, 0.25) is 0 Å². The molecule has 26 heavy (non-hydrogen) atoms. The number of nitrogens with two attached hydrogens (primary N) is 2. The molecule has 0 amide bonds. The van der Waals surface area contributed by atoms with Crippen LogP contribution in [0.5, 0.6) is 0 Å². The summed E-state index contributed by atoms with van der Waals surface area (Å²) in [5, 5.41) is 0. The van der Waals surface area contributed by atoms with Crippen LogP contribution in [-0.2, 0) is 9.47 Å². The molecule has 0 spiro atoms. The summed E-state index contributed by atoms with van der Waals surface area (Å²) in [7, 11) is 0. The standard InChI is InChI=1S/C22H46N2O2/c1-5-9-11-19(7-3)17-25-16-14-21(24)22(13-15-23)26-18-20(8-4)12-10-6-2/h13,19-21H,5-12,14-18,23-24H2,1-4H3/b22-13+/t19?,20?,21-/m0/s1. The predicted molar refractivity (Wildman–Crippen MR) is 113 cm³/mol. The third-order valence-corrected chi connectivity index (χ3v) is 5.18. The summed E-state index contributed by atoms with van der Waals surface area (Å²) in [6.07, 6.45) is 12.5. The minimum absolute atomic E-state index is 0.127. The first-order chi connectivity index (χ1) is 12.6. The lowest BCUT2D eigenvalue weighted by atomic mass is 10.0. The van der Waals surface area contributed by atoms with Gasteiger partial charge in [0.25, 0.3) is 0 Å². The van der Waals surface area contributed by atoms with Crippen molar-refractivity contribution in [3.05, 3.63) is 11.8 Å². The molecule has 4 nitrogen and oxygen atoms in total. The van der Waals surface area contributed by atoms with E-state index in [0.29, 0.717) is 25.0 Å².